The lowest BCUT2D eigenvalue weighted by Gasteiger charge is -2.32. The summed E-state index contributed by atoms with van der Waals surface area (Å²) in [5.41, 5.74) is 4.67. The first kappa shape index (κ1) is 22.8. The number of phenolic OH excluding ortho intramolecular Hbond substituents is 1. The molecule has 5 heteroatoms. The van der Waals surface area contributed by atoms with E-state index in [4.69, 9.17) is 4.74 Å². The Balaban J connectivity index is 1.53. The van der Waals surface area contributed by atoms with Gasteiger partial charge in [0.1, 0.15) is 5.75 Å². The number of likely N-dealkylation sites (tertiary alicyclic amines) is 1. The number of benzene rings is 1. The molecule has 2 heterocycles. The first-order valence-electron chi connectivity index (χ1n) is 12.1. The molecule has 3 aliphatic rings. The first-order chi connectivity index (χ1) is 15.5. The van der Waals surface area contributed by atoms with Gasteiger partial charge in [0.15, 0.2) is 0 Å². The van der Waals surface area contributed by atoms with Crippen molar-refractivity contribution in [2.75, 3.05) is 13.2 Å². The predicted molar refractivity (Wildman–Crippen MR) is 125 cm³/mol. The molecular weight excluding hydrogens is 402 g/mol. The fourth-order valence-electron chi connectivity index (χ4n) is 5.83. The van der Waals surface area contributed by atoms with Crippen LogP contribution in [0.25, 0.3) is 6.08 Å². The van der Waals surface area contributed by atoms with Crippen molar-refractivity contribution in [2.24, 2.45) is 17.8 Å². The van der Waals surface area contributed by atoms with Crippen LogP contribution >= 0.6 is 0 Å². The molecule has 2 aliphatic heterocycles. The molecular formula is C27H35NO4. The molecule has 172 valence electrons. The molecule has 1 aliphatic carbocycles. The van der Waals surface area contributed by atoms with Crippen LogP contribution in [0.1, 0.15) is 64.9 Å². The van der Waals surface area contributed by atoms with E-state index in [1.165, 1.54) is 21.6 Å². The minimum Gasteiger partial charge on any atom is -0.507 e. The lowest BCUT2D eigenvalue weighted by molar-refractivity contribution is -0.140. The third-order valence-electron chi connectivity index (χ3n) is 7.24. The van der Waals surface area contributed by atoms with E-state index in [0.29, 0.717) is 19.6 Å². The third-order valence-corrected chi connectivity index (χ3v) is 7.24. The van der Waals surface area contributed by atoms with Gasteiger partial charge in [0.05, 0.1) is 24.5 Å². The highest BCUT2D eigenvalue weighted by molar-refractivity contribution is 6.05. The molecule has 2 fully saturated rings. The predicted octanol–water partition coefficient (Wildman–Crippen LogP) is 5.10. The molecule has 0 spiro atoms. The lowest BCUT2D eigenvalue weighted by atomic mass is 9.68. The fraction of sp³-hybridized carbons (Fsp3) is 0.556. The quantitative estimate of drug-likeness (QED) is 0.454. The van der Waals surface area contributed by atoms with Crippen molar-refractivity contribution in [2.45, 2.75) is 65.4 Å². The van der Waals surface area contributed by atoms with Crippen molar-refractivity contribution in [3.05, 3.63) is 46.5 Å². The van der Waals surface area contributed by atoms with E-state index in [1.807, 2.05) is 31.2 Å². The number of rotatable bonds is 8. The average Bonchev–Trinajstić information content (AvgIpc) is 3.30. The Hall–Kier alpha value is -2.40. The lowest BCUT2D eigenvalue weighted by Crippen LogP contribution is -2.34. The van der Waals surface area contributed by atoms with Gasteiger partial charge in [0.25, 0.3) is 0 Å². The average molecular weight is 438 g/mol. The highest BCUT2D eigenvalue weighted by atomic mass is 16.5. The highest BCUT2D eigenvalue weighted by Gasteiger charge is 2.56. The third kappa shape index (κ3) is 4.15. The molecule has 32 heavy (non-hydrogen) atoms. The number of nitrogens with zero attached hydrogens (tertiary/aromatic N) is 1. The molecule has 0 radical (unpaired) electrons. The molecule has 2 saturated heterocycles. The zero-order valence-corrected chi connectivity index (χ0v) is 19.5. The van der Waals surface area contributed by atoms with Crippen LogP contribution in [0.15, 0.2) is 41.0 Å². The second-order valence-corrected chi connectivity index (χ2v) is 9.49. The Morgan fingerprint density at radius 3 is 2.66 bits per heavy atom. The Bertz CT molecular complexity index is 947. The van der Waals surface area contributed by atoms with Crippen LogP contribution in [0.3, 0.4) is 0 Å². The van der Waals surface area contributed by atoms with Gasteiger partial charge < -0.3 is 9.84 Å². The van der Waals surface area contributed by atoms with E-state index in [9.17, 15) is 14.7 Å². The van der Waals surface area contributed by atoms with Crippen LogP contribution in [0.5, 0.6) is 5.75 Å². The van der Waals surface area contributed by atoms with Crippen molar-refractivity contribution >= 4 is 17.9 Å². The van der Waals surface area contributed by atoms with E-state index in [1.54, 1.807) is 6.07 Å². The Labute approximate surface area is 191 Å². The topological polar surface area (TPSA) is 66.8 Å². The number of para-hydroxylation sites is 1. The number of aromatic hydroxyl groups is 1. The Morgan fingerprint density at radius 1 is 1.16 bits per heavy atom. The van der Waals surface area contributed by atoms with Gasteiger partial charge in [-0.15, -0.1) is 0 Å². The zero-order chi connectivity index (χ0) is 22.8. The standard InChI is InChI=1S/C27H35NO4/c1-4-8-19-15-20-25(27(31)28(13-5-2)26(20)30)21-16-32-23(24(19)21)12-11-17(3)14-18-9-6-7-10-22(18)29/h6-7,9-10,14,20-21,23,25,29H,4-5,8,11-13,15-16H2,1-3H3/b17-14+/t20-,21+,23-,25-/m1/s1. The summed E-state index contributed by atoms with van der Waals surface area (Å²) in [5.74, 6) is -0.0708. The number of allylic oxidation sites excluding steroid dienone is 2. The molecule has 0 bridgehead atoms. The summed E-state index contributed by atoms with van der Waals surface area (Å²) in [4.78, 5) is 27.6. The summed E-state index contributed by atoms with van der Waals surface area (Å²) in [6.07, 6.45) is 7.26. The van der Waals surface area contributed by atoms with Crippen molar-refractivity contribution in [3.8, 4) is 5.75 Å². The number of hydrogen-bond donors (Lipinski definition) is 1. The van der Waals surface area contributed by atoms with Crippen molar-refractivity contribution in [3.63, 3.8) is 0 Å². The Morgan fingerprint density at radius 2 is 1.94 bits per heavy atom. The molecule has 0 saturated carbocycles. The number of fused-ring (bicyclic) bond motifs is 3. The highest BCUT2D eigenvalue weighted by Crippen LogP contribution is 2.50. The summed E-state index contributed by atoms with van der Waals surface area (Å²) in [6, 6.07) is 7.36. The number of carbonyl (C=O) groups is 2. The molecule has 1 aromatic carbocycles. The molecule has 2 amide bonds. The van der Waals surface area contributed by atoms with Crippen molar-refractivity contribution in [1.29, 1.82) is 0 Å². The van der Waals surface area contributed by atoms with Gasteiger partial charge in [-0.25, -0.2) is 0 Å². The number of hydrogen-bond acceptors (Lipinski definition) is 4. The van der Waals surface area contributed by atoms with Crippen LogP contribution < -0.4 is 0 Å². The largest absolute Gasteiger partial charge is 0.507 e. The zero-order valence-electron chi connectivity index (χ0n) is 19.5. The summed E-state index contributed by atoms with van der Waals surface area (Å²) >= 11 is 0. The fourth-order valence-corrected chi connectivity index (χ4v) is 5.83. The first-order valence-corrected chi connectivity index (χ1v) is 12.1. The molecule has 1 aromatic rings. The van der Waals surface area contributed by atoms with Crippen LogP contribution in [0, 0.1) is 17.8 Å². The normalized spacial score (nSPS) is 27.8. The Kier molecular flexibility index (Phi) is 6.85. The number of imide groups is 1. The van der Waals surface area contributed by atoms with Crippen molar-refractivity contribution in [1.82, 2.24) is 4.90 Å². The SMILES string of the molecule is CCCC1=C2[C@@H](CC/C(C)=C/c3ccccc3O)OC[C@@H]2[C@@H]2C(=O)N(CCC)C(=O)[C@@H]2C1. The van der Waals surface area contributed by atoms with E-state index in [0.717, 1.165) is 37.7 Å². The van der Waals surface area contributed by atoms with E-state index in [2.05, 4.69) is 13.8 Å². The van der Waals surface area contributed by atoms with Gasteiger partial charge in [0.2, 0.25) is 11.8 Å². The smallest absolute Gasteiger partial charge is 0.233 e. The summed E-state index contributed by atoms with van der Waals surface area (Å²) < 4.78 is 6.27. The van der Waals surface area contributed by atoms with Gasteiger partial charge in [-0.05, 0) is 50.7 Å². The molecule has 1 N–H and O–H groups in total. The van der Waals surface area contributed by atoms with Crippen LogP contribution in [0.2, 0.25) is 0 Å². The second-order valence-electron chi connectivity index (χ2n) is 9.49. The van der Waals surface area contributed by atoms with Crippen LogP contribution in [0.4, 0.5) is 0 Å². The number of ether oxygens (including phenoxy) is 1. The molecule has 4 atom stereocenters. The summed E-state index contributed by atoms with van der Waals surface area (Å²) in [7, 11) is 0. The monoisotopic (exact) mass is 437 g/mol. The molecule has 0 aromatic heterocycles. The molecule has 5 nitrogen and oxygen atoms in total. The van der Waals surface area contributed by atoms with Gasteiger partial charge in [-0.3, -0.25) is 14.5 Å². The van der Waals surface area contributed by atoms with Crippen LogP contribution in [-0.4, -0.2) is 41.1 Å². The maximum atomic E-state index is 13.1. The number of phenols is 1. The van der Waals surface area contributed by atoms with Crippen molar-refractivity contribution < 1.29 is 19.4 Å². The second kappa shape index (κ2) is 9.62. The van der Waals surface area contributed by atoms with Gasteiger partial charge in [0, 0.05) is 18.0 Å². The van der Waals surface area contributed by atoms with E-state index < -0.39 is 0 Å². The maximum Gasteiger partial charge on any atom is 0.233 e. The van der Waals surface area contributed by atoms with Gasteiger partial charge in [-0.2, -0.15) is 0 Å². The maximum absolute atomic E-state index is 13.1. The minimum atomic E-state index is -0.243. The van der Waals surface area contributed by atoms with E-state index >= 15 is 0 Å². The number of amides is 2. The summed E-state index contributed by atoms with van der Waals surface area (Å²) in [6.45, 7) is 7.32. The number of carbonyl (C=O) groups excluding carboxylic acids is 2. The summed E-state index contributed by atoms with van der Waals surface area (Å²) in [5, 5.41) is 10.0. The van der Waals surface area contributed by atoms with Crippen LogP contribution in [-0.2, 0) is 14.3 Å². The molecule has 0 unspecified atom stereocenters. The minimum absolute atomic E-state index is 0.0124. The molecule has 4 rings (SSSR count). The van der Waals surface area contributed by atoms with Gasteiger partial charge in [-0.1, -0.05) is 55.7 Å². The van der Waals surface area contributed by atoms with Gasteiger partial charge >= 0.3 is 0 Å². The van der Waals surface area contributed by atoms with E-state index in [-0.39, 0.29) is 41.4 Å².